The molecular weight excluding hydrogens is 191 g/mol. The molecule has 0 radical (unpaired) electrons. The minimum Gasteiger partial charge on any atom is -0.294 e. The van der Waals surface area contributed by atoms with Gasteiger partial charge in [0.1, 0.15) is 5.82 Å². The van der Waals surface area contributed by atoms with Crippen LogP contribution in [0.5, 0.6) is 0 Å². The molecule has 0 saturated heterocycles. The first-order valence-corrected chi connectivity index (χ1v) is 4.55. The molecular formula is C10H8ClFO. The molecule has 1 saturated carbocycles. The first-order valence-electron chi connectivity index (χ1n) is 4.18. The summed E-state index contributed by atoms with van der Waals surface area (Å²) in [4.78, 5) is 11.5. The van der Waals surface area contributed by atoms with Gasteiger partial charge in [-0.3, -0.25) is 4.79 Å². The van der Waals surface area contributed by atoms with Crippen LogP contribution in [0, 0.1) is 11.7 Å². The van der Waals surface area contributed by atoms with Gasteiger partial charge in [0.25, 0.3) is 0 Å². The topological polar surface area (TPSA) is 17.1 Å². The van der Waals surface area contributed by atoms with Crippen LogP contribution >= 0.6 is 11.6 Å². The van der Waals surface area contributed by atoms with Gasteiger partial charge in [-0.15, -0.1) is 0 Å². The highest BCUT2D eigenvalue weighted by atomic mass is 35.5. The SMILES string of the molecule is O=C(c1cc(F)ccc1Cl)C1CC1. The Labute approximate surface area is 80.5 Å². The van der Waals surface area contributed by atoms with Crippen LogP contribution < -0.4 is 0 Å². The number of ketones is 1. The maximum absolute atomic E-state index is 12.8. The minimum atomic E-state index is -0.409. The van der Waals surface area contributed by atoms with Crippen molar-refractivity contribution in [1.29, 1.82) is 0 Å². The molecule has 0 unspecified atom stereocenters. The normalized spacial score (nSPS) is 15.8. The van der Waals surface area contributed by atoms with Gasteiger partial charge in [0.15, 0.2) is 5.78 Å². The van der Waals surface area contributed by atoms with Crippen LogP contribution in [0.25, 0.3) is 0 Å². The molecule has 0 bridgehead atoms. The van der Waals surface area contributed by atoms with Crippen molar-refractivity contribution < 1.29 is 9.18 Å². The summed E-state index contributed by atoms with van der Waals surface area (Å²) in [5.41, 5.74) is 0.323. The number of Topliss-reactive ketones (excluding diaryl/α,β-unsaturated/α-hetero) is 1. The van der Waals surface area contributed by atoms with Crippen molar-refractivity contribution in [3.8, 4) is 0 Å². The molecule has 0 amide bonds. The maximum atomic E-state index is 12.8. The Morgan fingerprint density at radius 2 is 2.15 bits per heavy atom. The molecule has 1 aliphatic rings. The van der Waals surface area contributed by atoms with E-state index in [1.165, 1.54) is 18.2 Å². The number of carbonyl (C=O) groups is 1. The molecule has 0 spiro atoms. The average Bonchev–Trinajstić information content (AvgIpc) is 2.91. The van der Waals surface area contributed by atoms with E-state index in [2.05, 4.69) is 0 Å². The summed E-state index contributed by atoms with van der Waals surface area (Å²) in [5.74, 6) is -0.350. The molecule has 0 atom stereocenters. The first-order chi connectivity index (χ1) is 6.18. The zero-order chi connectivity index (χ0) is 9.42. The summed E-state index contributed by atoms with van der Waals surface area (Å²) in [5, 5.41) is 0.346. The summed E-state index contributed by atoms with van der Waals surface area (Å²) < 4.78 is 12.8. The monoisotopic (exact) mass is 198 g/mol. The van der Waals surface area contributed by atoms with E-state index in [0.29, 0.717) is 10.6 Å². The fourth-order valence-electron chi connectivity index (χ4n) is 1.25. The van der Waals surface area contributed by atoms with Gasteiger partial charge in [0, 0.05) is 11.5 Å². The van der Waals surface area contributed by atoms with Crippen molar-refractivity contribution >= 4 is 17.4 Å². The zero-order valence-corrected chi connectivity index (χ0v) is 7.64. The van der Waals surface area contributed by atoms with E-state index in [9.17, 15) is 9.18 Å². The molecule has 0 aromatic heterocycles. The highest BCUT2D eigenvalue weighted by Crippen LogP contribution is 2.34. The molecule has 1 aromatic rings. The number of hydrogen-bond acceptors (Lipinski definition) is 1. The van der Waals surface area contributed by atoms with Crippen LogP contribution in [0.3, 0.4) is 0 Å². The van der Waals surface area contributed by atoms with Gasteiger partial charge in [-0.25, -0.2) is 4.39 Å². The Hall–Kier alpha value is -0.890. The summed E-state index contributed by atoms with van der Waals surface area (Å²) in [6.07, 6.45) is 1.82. The van der Waals surface area contributed by atoms with Gasteiger partial charge >= 0.3 is 0 Å². The minimum absolute atomic E-state index is 0.0236. The number of hydrogen-bond donors (Lipinski definition) is 0. The number of benzene rings is 1. The molecule has 13 heavy (non-hydrogen) atoms. The lowest BCUT2D eigenvalue weighted by Crippen LogP contribution is -2.02. The lowest BCUT2D eigenvalue weighted by Gasteiger charge is -2.01. The molecule has 1 fully saturated rings. The standard InChI is InChI=1S/C10H8ClFO/c11-9-4-3-7(12)5-8(9)10(13)6-1-2-6/h3-6H,1-2H2. The number of halogens is 2. The van der Waals surface area contributed by atoms with Crippen molar-refractivity contribution in [2.75, 3.05) is 0 Å². The molecule has 1 aromatic carbocycles. The smallest absolute Gasteiger partial charge is 0.167 e. The Kier molecular flexibility index (Phi) is 2.08. The van der Waals surface area contributed by atoms with Gasteiger partial charge in [0.2, 0.25) is 0 Å². The van der Waals surface area contributed by atoms with Crippen LogP contribution in [0.1, 0.15) is 23.2 Å². The Bertz CT molecular complexity index is 358. The molecule has 3 heteroatoms. The molecule has 1 aliphatic carbocycles. The number of carbonyl (C=O) groups excluding carboxylic acids is 1. The van der Waals surface area contributed by atoms with Crippen molar-refractivity contribution in [3.63, 3.8) is 0 Å². The second-order valence-electron chi connectivity index (χ2n) is 3.26. The summed E-state index contributed by atoms with van der Waals surface area (Å²) in [6, 6.07) is 3.89. The van der Waals surface area contributed by atoms with E-state index in [-0.39, 0.29) is 11.7 Å². The third kappa shape index (κ3) is 1.73. The summed E-state index contributed by atoms with van der Waals surface area (Å²) >= 11 is 5.78. The van der Waals surface area contributed by atoms with E-state index >= 15 is 0 Å². The van der Waals surface area contributed by atoms with Crippen LogP contribution in [0.4, 0.5) is 4.39 Å². The van der Waals surface area contributed by atoms with E-state index in [1.54, 1.807) is 0 Å². The maximum Gasteiger partial charge on any atom is 0.167 e. The van der Waals surface area contributed by atoms with Crippen LogP contribution in [0.15, 0.2) is 18.2 Å². The Morgan fingerprint density at radius 3 is 2.77 bits per heavy atom. The van der Waals surface area contributed by atoms with Gasteiger partial charge in [-0.05, 0) is 31.0 Å². The van der Waals surface area contributed by atoms with Crippen LogP contribution in [0.2, 0.25) is 5.02 Å². The van der Waals surface area contributed by atoms with E-state index < -0.39 is 5.82 Å². The quantitative estimate of drug-likeness (QED) is 0.668. The third-order valence-electron chi connectivity index (χ3n) is 2.14. The van der Waals surface area contributed by atoms with E-state index in [1.807, 2.05) is 0 Å². The van der Waals surface area contributed by atoms with Crippen LogP contribution in [-0.2, 0) is 0 Å². The first kappa shape index (κ1) is 8.70. The zero-order valence-electron chi connectivity index (χ0n) is 6.89. The van der Waals surface area contributed by atoms with E-state index in [4.69, 9.17) is 11.6 Å². The third-order valence-corrected chi connectivity index (χ3v) is 2.47. The van der Waals surface area contributed by atoms with Crippen molar-refractivity contribution in [2.45, 2.75) is 12.8 Å². The predicted molar refractivity (Wildman–Crippen MR) is 48.5 cm³/mol. The second-order valence-corrected chi connectivity index (χ2v) is 3.67. The average molecular weight is 199 g/mol. The van der Waals surface area contributed by atoms with Crippen molar-refractivity contribution in [3.05, 3.63) is 34.6 Å². The molecule has 68 valence electrons. The molecule has 0 N–H and O–H groups in total. The fraction of sp³-hybridized carbons (Fsp3) is 0.300. The second kappa shape index (κ2) is 3.11. The molecule has 0 aliphatic heterocycles. The van der Waals surface area contributed by atoms with E-state index in [0.717, 1.165) is 12.8 Å². The highest BCUT2D eigenvalue weighted by molar-refractivity contribution is 6.34. The Morgan fingerprint density at radius 1 is 1.46 bits per heavy atom. The molecule has 0 heterocycles. The summed E-state index contributed by atoms with van der Waals surface area (Å²) in [7, 11) is 0. The predicted octanol–water partition coefficient (Wildman–Crippen LogP) is 3.07. The lowest BCUT2D eigenvalue weighted by atomic mass is 10.1. The fourth-order valence-corrected chi connectivity index (χ4v) is 1.46. The number of rotatable bonds is 2. The van der Waals surface area contributed by atoms with Gasteiger partial charge in [-0.1, -0.05) is 11.6 Å². The van der Waals surface area contributed by atoms with Crippen LogP contribution in [-0.4, -0.2) is 5.78 Å². The highest BCUT2D eigenvalue weighted by Gasteiger charge is 2.31. The van der Waals surface area contributed by atoms with Gasteiger partial charge in [0.05, 0.1) is 5.02 Å². The summed E-state index contributed by atoms with van der Waals surface area (Å²) in [6.45, 7) is 0. The lowest BCUT2D eigenvalue weighted by molar-refractivity contribution is 0.0967. The van der Waals surface area contributed by atoms with Crippen molar-refractivity contribution in [1.82, 2.24) is 0 Å². The Balaban J connectivity index is 2.37. The largest absolute Gasteiger partial charge is 0.294 e. The van der Waals surface area contributed by atoms with Crippen molar-refractivity contribution in [2.24, 2.45) is 5.92 Å². The molecule has 1 nitrogen and oxygen atoms in total. The van der Waals surface area contributed by atoms with Gasteiger partial charge in [-0.2, -0.15) is 0 Å². The van der Waals surface area contributed by atoms with Gasteiger partial charge < -0.3 is 0 Å². The molecule has 2 rings (SSSR count).